The van der Waals surface area contributed by atoms with Crippen LogP contribution in [-0.2, 0) is 13.0 Å². The molecule has 8 nitrogen and oxygen atoms in total. The topological polar surface area (TPSA) is 109 Å². The molecule has 0 saturated heterocycles. The number of fused-ring (bicyclic) bond motifs is 20. The van der Waals surface area contributed by atoms with Gasteiger partial charge in [-0.3, -0.25) is 0 Å². The standard InChI is InChI=1S/C32H17N8.BrH.ClH.Zn/c1-2-10-18-17(9-1)25-33-26(18)38-28-21-13-5-6-14-22(21)30(35-28)40-32-24-16-8-7-15-23(24)31(36-32)39-29-20-12-4-3-11-19(20)27(34-29)37-25;;;/h1-15H,(H2,33,34,35,36,37,38,39,40);2*1H;/q;;;+2/p-2. The average Bonchev–Trinajstić information content (AvgIpc) is 3.76. The molecule has 9 rings (SSSR count). The Bertz CT molecular complexity index is 2460. The van der Waals surface area contributed by atoms with Gasteiger partial charge in [0, 0.05) is 0 Å². The number of H-pyrrole nitrogens is 2. The summed E-state index contributed by atoms with van der Waals surface area (Å²) in [4.78, 5) is 37.1. The van der Waals surface area contributed by atoms with E-state index in [9.17, 15) is 0 Å². The van der Waals surface area contributed by atoms with Crippen LogP contribution < -0.4 is 4.16 Å². The van der Waals surface area contributed by atoms with Crippen LogP contribution in [0.25, 0.3) is 89.7 Å². The average molecular weight is 694 g/mol. The molecular weight excluding hydrogens is 677 g/mol. The van der Waals surface area contributed by atoms with Crippen LogP contribution in [0.15, 0.2) is 91.0 Å². The van der Waals surface area contributed by atoms with E-state index in [1.165, 1.54) is 0 Å². The Morgan fingerprint density at radius 3 is 1.35 bits per heavy atom. The zero-order valence-corrected chi connectivity index (χ0v) is 27.6. The molecule has 0 radical (unpaired) electrons. The van der Waals surface area contributed by atoms with Crippen molar-refractivity contribution in [3.8, 4) is 45.6 Å². The van der Waals surface area contributed by atoms with Gasteiger partial charge in [-0.05, 0) is 0 Å². The summed E-state index contributed by atoms with van der Waals surface area (Å²) in [6, 6.07) is 30.2. The normalized spacial score (nSPS) is 12.0. The molecule has 43 heavy (non-hydrogen) atoms. The minimum atomic E-state index is -2.69. The van der Waals surface area contributed by atoms with Gasteiger partial charge in [0.15, 0.2) is 0 Å². The third kappa shape index (κ3) is 3.90. The molecule has 11 heteroatoms. The van der Waals surface area contributed by atoms with Crippen molar-refractivity contribution < 1.29 is 13.0 Å². The molecular formula is C32H17BrClN8Zn. The summed E-state index contributed by atoms with van der Waals surface area (Å²) in [6.45, 7) is 0. The van der Waals surface area contributed by atoms with Crippen molar-refractivity contribution in [1.82, 2.24) is 39.9 Å². The molecule has 0 unspecified atom stereocenters. The van der Waals surface area contributed by atoms with Crippen LogP contribution in [0.5, 0.6) is 0 Å². The number of rotatable bonds is 1. The number of halogens is 2. The van der Waals surface area contributed by atoms with E-state index in [0.29, 0.717) is 45.9 Å². The third-order valence-corrected chi connectivity index (χ3v) is 15.0. The number of aromatic amines is 2. The van der Waals surface area contributed by atoms with Gasteiger partial charge in [0.2, 0.25) is 0 Å². The van der Waals surface area contributed by atoms with Gasteiger partial charge in [-0.1, -0.05) is 6.07 Å². The van der Waals surface area contributed by atoms with E-state index in [1.807, 2.05) is 84.9 Å². The van der Waals surface area contributed by atoms with Crippen molar-refractivity contribution in [2.75, 3.05) is 0 Å². The first kappa shape index (κ1) is 25.2. The van der Waals surface area contributed by atoms with Gasteiger partial charge in [0.05, 0.1) is 0 Å². The van der Waals surface area contributed by atoms with E-state index in [4.69, 9.17) is 39.6 Å². The molecule has 7 aromatic rings. The first-order valence-electron chi connectivity index (χ1n) is 13.8. The fourth-order valence-electron chi connectivity index (χ4n) is 5.99. The first-order valence-corrected chi connectivity index (χ1v) is 26.1. The molecule has 3 aromatic heterocycles. The van der Waals surface area contributed by atoms with Gasteiger partial charge < -0.3 is 0 Å². The Labute approximate surface area is 259 Å². The maximum absolute atomic E-state index is 6.82. The summed E-state index contributed by atoms with van der Waals surface area (Å²) in [5.74, 6) is 2.31. The second-order valence-corrected chi connectivity index (χ2v) is 25.6. The molecule has 4 aromatic carbocycles. The fourth-order valence-corrected chi connectivity index (χ4v) is 11.5. The third-order valence-electron chi connectivity index (χ3n) is 7.95. The maximum atomic E-state index is 6.82. The van der Waals surface area contributed by atoms with Crippen molar-refractivity contribution >= 4 is 71.6 Å². The Hall–Kier alpha value is -4.37. The molecule has 0 amide bonds. The number of nitrogens with zero attached hydrogens (tertiary/aromatic N) is 6. The molecule has 2 N–H and O–H groups in total. The second kappa shape index (κ2) is 9.57. The summed E-state index contributed by atoms with van der Waals surface area (Å²) >= 11 is 1.08. The molecule has 0 saturated carbocycles. The molecule has 2 aliphatic heterocycles. The number of benzene rings is 4. The van der Waals surface area contributed by atoms with Crippen molar-refractivity contribution in [3.63, 3.8) is 0 Å². The summed E-state index contributed by atoms with van der Waals surface area (Å²) in [7, 11) is 6.82. The van der Waals surface area contributed by atoms with Crippen LogP contribution in [0.3, 0.4) is 0 Å². The van der Waals surface area contributed by atoms with Gasteiger partial charge in [-0.15, -0.1) is 0 Å². The van der Waals surface area contributed by atoms with E-state index in [-0.39, 0.29) is 0 Å². The van der Waals surface area contributed by atoms with Gasteiger partial charge >= 0.3 is 255 Å². The molecule has 0 fully saturated rings. The van der Waals surface area contributed by atoms with E-state index < -0.39 is 13.0 Å². The molecule has 0 aliphatic carbocycles. The number of nitrogens with one attached hydrogen (secondary N) is 2. The predicted molar refractivity (Wildman–Crippen MR) is 170 cm³/mol. The van der Waals surface area contributed by atoms with Crippen LogP contribution in [0.4, 0.5) is 0 Å². The van der Waals surface area contributed by atoms with Gasteiger partial charge in [-0.2, -0.15) is 0 Å². The molecule has 2 aliphatic rings. The van der Waals surface area contributed by atoms with Crippen molar-refractivity contribution in [1.29, 1.82) is 0 Å². The van der Waals surface area contributed by atoms with Gasteiger partial charge in [0.1, 0.15) is 0 Å². The summed E-state index contributed by atoms with van der Waals surface area (Å²) in [5.41, 5.74) is 6.29. The van der Waals surface area contributed by atoms with Gasteiger partial charge in [0.25, 0.3) is 0 Å². The first-order chi connectivity index (χ1) is 21.1. The Kier molecular flexibility index (Phi) is 5.60. The van der Waals surface area contributed by atoms with Crippen LogP contribution in [0.2, 0.25) is 0 Å². The molecule has 0 spiro atoms. The van der Waals surface area contributed by atoms with Crippen LogP contribution in [0, 0.1) is 0 Å². The number of aromatic nitrogens is 8. The van der Waals surface area contributed by atoms with E-state index in [0.717, 1.165) is 48.0 Å². The molecule has 5 heterocycles. The van der Waals surface area contributed by atoms with E-state index >= 15 is 0 Å². The Balaban J connectivity index is 1.52. The van der Waals surface area contributed by atoms with Crippen LogP contribution in [0.1, 0.15) is 0 Å². The minimum absolute atomic E-state index is 0.571. The van der Waals surface area contributed by atoms with Crippen LogP contribution in [-0.4, -0.2) is 39.9 Å². The monoisotopic (exact) mass is 691 g/mol. The number of hydrogen-bond acceptors (Lipinski definition) is 6. The number of hydrogen-bond donors (Lipinski definition) is 2. The van der Waals surface area contributed by atoms with E-state index in [1.54, 1.807) is 0 Å². The van der Waals surface area contributed by atoms with E-state index in [2.05, 4.69) is 29.7 Å². The molecule has 201 valence electrons. The Morgan fingerprint density at radius 2 is 0.860 bits per heavy atom. The van der Waals surface area contributed by atoms with Crippen molar-refractivity contribution in [3.05, 3.63) is 91.0 Å². The second-order valence-electron chi connectivity index (χ2n) is 10.5. The Morgan fingerprint density at radius 1 is 0.465 bits per heavy atom. The summed E-state index contributed by atoms with van der Waals surface area (Å²) in [6.07, 6.45) is 0. The van der Waals surface area contributed by atoms with Crippen LogP contribution >= 0.6 is 23.3 Å². The van der Waals surface area contributed by atoms with Crippen molar-refractivity contribution in [2.24, 2.45) is 0 Å². The zero-order chi connectivity index (χ0) is 28.7. The fraction of sp³-hybridized carbons (Fsp3) is 0. The van der Waals surface area contributed by atoms with Crippen molar-refractivity contribution in [2.45, 2.75) is 0 Å². The summed E-state index contributed by atoms with van der Waals surface area (Å²) < 4.78 is 1.08. The van der Waals surface area contributed by atoms with Gasteiger partial charge in [-0.25, -0.2) is 0 Å². The zero-order valence-electron chi connectivity index (χ0n) is 22.3. The SMILES string of the molecule is [Cl][Zn]([Br])[c]1cccc2c3nc4nc(nc5[nH]c(nc6nc(nc([nH]3)c12)-c1ccccc1-6)c1ccccc51)-c1ccccc1-4. The quantitative estimate of drug-likeness (QED) is 0.172. The molecule has 0 atom stereocenters. The summed E-state index contributed by atoms with van der Waals surface area (Å²) in [5, 5.41) is 3.76. The predicted octanol–water partition coefficient (Wildman–Crippen LogP) is 7.58. The molecule has 8 bridgehead atoms.